The Hall–Kier alpha value is -2.43. The first-order valence-electron chi connectivity index (χ1n) is 7.31. The smallest absolute Gasteiger partial charge is 0.270 e. The third-order valence-electron chi connectivity index (χ3n) is 3.92. The fourth-order valence-electron chi connectivity index (χ4n) is 2.74. The third kappa shape index (κ3) is 2.98. The molecule has 2 aromatic rings. The zero-order chi connectivity index (χ0) is 17.3. The molecule has 0 fully saturated rings. The van der Waals surface area contributed by atoms with E-state index in [0.29, 0.717) is 10.6 Å². The summed E-state index contributed by atoms with van der Waals surface area (Å²) in [7, 11) is 0. The minimum atomic E-state index is -0.575. The number of nitro groups is 1. The molecule has 1 aliphatic carbocycles. The number of non-ortho nitro benzene ring substituents is 1. The van der Waals surface area contributed by atoms with Gasteiger partial charge in [0.2, 0.25) is 0 Å². The molecule has 1 N–H and O–H groups in total. The molecule has 122 valence electrons. The van der Waals surface area contributed by atoms with Gasteiger partial charge in [-0.15, -0.1) is 11.3 Å². The number of carbonyl (C=O) groups is 1. The molecule has 0 unspecified atom stereocenters. The van der Waals surface area contributed by atoms with E-state index in [1.165, 1.54) is 23.5 Å². The van der Waals surface area contributed by atoms with Crippen molar-refractivity contribution in [2.75, 3.05) is 5.32 Å². The molecule has 0 saturated carbocycles. The lowest BCUT2D eigenvalue weighted by Crippen LogP contribution is -2.12. The summed E-state index contributed by atoms with van der Waals surface area (Å²) in [4.78, 5) is 23.7. The van der Waals surface area contributed by atoms with Crippen LogP contribution in [0.4, 0.5) is 10.7 Å². The van der Waals surface area contributed by atoms with Crippen LogP contribution in [0.15, 0.2) is 18.2 Å². The molecule has 0 radical (unpaired) electrons. The number of anilines is 1. The van der Waals surface area contributed by atoms with E-state index in [9.17, 15) is 20.2 Å². The van der Waals surface area contributed by atoms with E-state index in [1.54, 1.807) is 0 Å². The topological polar surface area (TPSA) is 96.0 Å². The number of halogens is 1. The number of aryl methyl sites for hydroxylation is 1. The lowest BCUT2D eigenvalue weighted by atomic mass is 9.96. The highest BCUT2D eigenvalue weighted by molar-refractivity contribution is 7.16. The lowest BCUT2D eigenvalue weighted by molar-refractivity contribution is -0.384. The lowest BCUT2D eigenvalue weighted by Gasteiger charge is -2.09. The number of thiophene rings is 1. The first kappa shape index (κ1) is 16.4. The number of hydrogen-bond donors (Lipinski definition) is 1. The van der Waals surface area contributed by atoms with Gasteiger partial charge in [0.1, 0.15) is 11.1 Å². The van der Waals surface area contributed by atoms with E-state index < -0.39 is 10.8 Å². The van der Waals surface area contributed by atoms with Crippen molar-refractivity contribution in [3.63, 3.8) is 0 Å². The number of nitro benzene ring substituents is 1. The molecule has 1 heterocycles. The average Bonchev–Trinajstić information content (AvgIpc) is 2.91. The zero-order valence-electron chi connectivity index (χ0n) is 12.5. The first-order valence-corrected chi connectivity index (χ1v) is 8.50. The van der Waals surface area contributed by atoms with Crippen LogP contribution < -0.4 is 5.32 Å². The van der Waals surface area contributed by atoms with Gasteiger partial charge in [0.15, 0.2) is 0 Å². The van der Waals surface area contributed by atoms with Crippen molar-refractivity contribution < 1.29 is 9.72 Å². The summed E-state index contributed by atoms with van der Waals surface area (Å²) in [5.74, 6) is -0.481. The first-order chi connectivity index (χ1) is 11.5. The van der Waals surface area contributed by atoms with Gasteiger partial charge in [-0.3, -0.25) is 14.9 Å². The highest BCUT2D eigenvalue weighted by Gasteiger charge is 2.23. The molecule has 0 aliphatic heterocycles. The van der Waals surface area contributed by atoms with E-state index >= 15 is 0 Å². The van der Waals surface area contributed by atoms with E-state index in [-0.39, 0.29) is 16.3 Å². The Balaban J connectivity index is 1.89. The molecule has 0 saturated heterocycles. The van der Waals surface area contributed by atoms with Gasteiger partial charge in [0.25, 0.3) is 11.6 Å². The summed E-state index contributed by atoms with van der Waals surface area (Å²) in [6.07, 6.45) is 3.89. The van der Waals surface area contributed by atoms with Crippen molar-refractivity contribution in [3.8, 4) is 6.07 Å². The molecule has 1 aromatic heterocycles. The Kier molecular flexibility index (Phi) is 4.51. The van der Waals surface area contributed by atoms with Crippen molar-refractivity contribution in [1.29, 1.82) is 5.26 Å². The van der Waals surface area contributed by atoms with Crippen LogP contribution in [0.1, 0.15) is 39.2 Å². The predicted molar refractivity (Wildman–Crippen MR) is 91.7 cm³/mol. The normalized spacial score (nSPS) is 13.0. The maximum Gasteiger partial charge on any atom is 0.270 e. The minimum Gasteiger partial charge on any atom is -0.312 e. The SMILES string of the molecule is N#Cc1c(NC(=O)c2ccc([N+](=O)[O-])cc2Cl)sc2c1CCCC2. The minimum absolute atomic E-state index is 0.00141. The fourth-order valence-corrected chi connectivity index (χ4v) is 4.24. The van der Waals surface area contributed by atoms with Gasteiger partial charge in [-0.25, -0.2) is 0 Å². The number of nitrogens with zero attached hydrogens (tertiary/aromatic N) is 2. The molecule has 0 atom stereocenters. The molecule has 24 heavy (non-hydrogen) atoms. The third-order valence-corrected chi connectivity index (χ3v) is 5.44. The van der Waals surface area contributed by atoms with Gasteiger partial charge in [0, 0.05) is 17.0 Å². The van der Waals surface area contributed by atoms with E-state index in [1.807, 2.05) is 0 Å². The fraction of sp³-hybridized carbons (Fsp3) is 0.250. The second kappa shape index (κ2) is 6.59. The number of fused-ring (bicyclic) bond motifs is 1. The van der Waals surface area contributed by atoms with Gasteiger partial charge in [0.05, 0.1) is 21.1 Å². The van der Waals surface area contributed by atoms with Gasteiger partial charge in [-0.1, -0.05) is 11.6 Å². The van der Waals surface area contributed by atoms with Gasteiger partial charge >= 0.3 is 0 Å². The Morgan fingerprint density at radius 3 is 2.79 bits per heavy atom. The van der Waals surface area contributed by atoms with Gasteiger partial charge in [-0.2, -0.15) is 5.26 Å². The van der Waals surface area contributed by atoms with Crippen LogP contribution in [-0.4, -0.2) is 10.8 Å². The molecule has 1 aromatic carbocycles. The number of nitrogens with one attached hydrogen (secondary N) is 1. The molecule has 0 bridgehead atoms. The molecule has 1 amide bonds. The average molecular weight is 362 g/mol. The van der Waals surface area contributed by atoms with Crippen molar-refractivity contribution in [2.45, 2.75) is 25.7 Å². The number of rotatable bonds is 3. The van der Waals surface area contributed by atoms with Gasteiger partial charge < -0.3 is 5.32 Å². The maximum atomic E-state index is 12.4. The van der Waals surface area contributed by atoms with Crippen molar-refractivity contribution in [2.24, 2.45) is 0 Å². The largest absolute Gasteiger partial charge is 0.312 e. The summed E-state index contributed by atoms with van der Waals surface area (Å²) < 4.78 is 0. The van der Waals surface area contributed by atoms with Crippen LogP contribution in [0.5, 0.6) is 0 Å². The predicted octanol–water partition coefficient (Wildman–Crippen LogP) is 4.31. The highest BCUT2D eigenvalue weighted by Crippen LogP contribution is 2.38. The molecule has 8 heteroatoms. The highest BCUT2D eigenvalue weighted by atomic mass is 35.5. The van der Waals surface area contributed by atoms with Crippen molar-refractivity contribution >= 4 is 39.5 Å². The summed E-state index contributed by atoms with van der Waals surface area (Å²) >= 11 is 7.40. The van der Waals surface area contributed by atoms with Crippen LogP contribution >= 0.6 is 22.9 Å². The summed E-state index contributed by atoms with van der Waals surface area (Å²) in [6, 6.07) is 5.86. The number of nitriles is 1. The van der Waals surface area contributed by atoms with Crippen LogP contribution in [0.3, 0.4) is 0 Å². The van der Waals surface area contributed by atoms with E-state index in [2.05, 4.69) is 11.4 Å². The molecular weight excluding hydrogens is 350 g/mol. The second-order valence-corrected chi connectivity index (χ2v) is 6.91. The van der Waals surface area contributed by atoms with Gasteiger partial charge in [-0.05, 0) is 37.3 Å². The summed E-state index contributed by atoms with van der Waals surface area (Å²) in [6.45, 7) is 0. The Labute approximate surface area is 146 Å². The molecule has 0 spiro atoms. The number of benzene rings is 1. The second-order valence-electron chi connectivity index (χ2n) is 5.40. The Morgan fingerprint density at radius 2 is 2.12 bits per heavy atom. The van der Waals surface area contributed by atoms with Crippen molar-refractivity contribution in [3.05, 3.63) is 54.9 Å². The monoisotopic (exact) mass is 361 g/mol. The maximum absolute atomic E-state index is 12.4. The molecule has 1 aliphatic rings. The van der Waals surface area contributed by atoms with Crippen LogP contribution in [-0.2, 0) is 12.8 Å². The Morgan fingerprint density at radius 1 is 1.38 bits per heavy atom. The van der Waals surface area contributed by atoms with E-state index in [4.69, 9.17) is 11.6 Å². The number of hydrogen-bond acceptors (Lipinski definition) is 5. The van der Waals surface area contributed by atoms with Crippen LogP contribution in [0, 0.1) is 21.4 Å². The molecular formula is C16H12ClN3O3S. The Bertz CT molecular complexity index is 885. The van der Waals surface area contributed by atoms with Crippen LogP contribution in [0.25, 0.3) is 0 Å². The number of carbonyl (C=O) groups excluding carboxylic acids is 1. The van der Waals surface area contributed by atoms with E-state index in [0.717, 1.165) is 42.2 Å². The quantitative estimate of drug-likeness (QED) is 0.650. The molecule has 6 nitrogen and oxygen atoms in total. The number of amides is 1. The van der Waals surface area contributed by atoms with Crippen molar-refractivity contribution in [1.82, 2.24) is 0 Å². The summed E-state index contributed by atoms with van der Waals surface area (Å²) in [5.41, 5.74) is 1.50. The zero-order valence-corrected chi connectivity index (χ0v) is 14.0. The molecule has 3 rings (SSSR count). The summed E-state index contributed by atoms with van der Waals surface area (Å²) in [5, 5.41) is 23.4. The standard InChI is InChI=1S/C16H12ClN3O3S/c17-13-7-9(20(22)23)5-6-11(13)15(21)19-16-12(8-18)10-3-1-2-4-14(10)24-16/h5-7H,1-4H2,(H,19,21). The van der Waals surface area contributed by atoms with Crippen LogP contribution in [0.2, 0.25) is 5.02 Å².